The lowest BCUT2D eigenvalue weighted by Crippen LogP contribution is -2.08. The van der Waals surface area contributed by atoms with Crippen LogP contribution in [-0.4, -0.2) is 15.5 Å². The molecule has 0 aliphatic rings. The Hall–Kier alpha value is -1.59. The summed E-state index contributed by atoms with van der Waals surface area (Å²) in [5.74, 6) is 1.21. The molecule has 0 aliphatic carbocycles. The van der Waals surface area contributed by atoms with E-state index in [1.54, 1.807) is 12.1 Å². The average molecular weight is 293 g/mol. The first-order valence-corrected chi connectivity index (χ1v) is 8.29. The predicted molar refractivity (Wildman–Crippen MR) is 79.0 cm³/mol. The van der Waals surface area contributed by atoms with Crippen molar-refractivity contribution in [1.29, 1.82) is 0 Å². The number of hydrogen-bond donors (Lipinski definition) is 1. The molecular weight excluding hydrogens is 274 g/mol. The van der Waals surface area contributed by atoms with Gasteiger partial charge in [-0.3, -0.25) is 0 Å². The summed E-state index contributed by atoms with van der Waals surface area (Å²) in [6.45, 7) is 2.51. The van der Waals surface area contributed by atoms with Gasteiger partial charge < -0.3 is 9.73 Å². The lowest BCUT2D eigenvalue weighted by Gasteiger charge is -2.06. The Labute approximate surface area is 119 Å². The van der Waals surface area contributed by atoms with Gasteiger partial charge in [0.05, 0.1) is 12.3 Å². The normalized spacial score (nSPS) is 11.7. The monoisotopic (exact) mass is 293 g/mol. The van der Waals surface area contributed by atoms with Crippen LogP contribution in [0.15, 0.2) is 40.8 Å². The minimum Gasteiger partial charge on any atom is -0.464 e. The number of hydrogen-bond acceptors (Lipinski definition) is 4. The van der Waals surface area contributed by atoms with E-state index >= 15 is 0 Å². The van der Waals surface area contributed by atoms with E-state index in [9.17, 15) is 8.42 Å². The largest absolute Gasteiger partial charge is 0.464 e. The average Bonchev–Trinajstić information content (AvgIpc) is 2.79. The van der Waals surface area contributed by atoms with Crippen LogP contribution in [-0.2, 0) is 27.9 Å². The van der Waals surface area contributed by atoms with Crippen molar-refractivity contribution < 1.29 is 12.8 Å². The Morgan fingerprint density at radius 1 is 1.05 bits per heavy atom. The molecule has 1 N–H and O–H groups in total. The summed E-state index contributed by atoms with van der Waals surface area (Å²) in [6.07, 6.45) is 0. The van der Waals surface area contributed by atoms with Crippen molar-refractivity contribution in [2.45, 2.75) is 25.0 Å². The van der Waals surface area contributed by atoms with E-state index in [4.69, 9.17) is 4.42 Å². The number of aryl methyl sites for hydroxylation is 1. The van der Waals surface area contributed by atoms with E-state index in [1.807, 2.05) is 38.2 Å². The highest BCUT2D eigenvalue weighted by molar-refractivity contribution is 7.89. The standard InChI is InChI=1S/C15H19NO3S/c1-12-5-3-4-6-13(12)10-20(17,18)11-15-8-7-14(19-15)9-16-2/h3-8,16H,9-11H2,1-2H3. The number of sulfone groups is 1. The summed E-state index contributed by atoms with van der Waals surface area (Å²) in [5, 5.41) is 2.96. The molecule has 2 aromatic rings. The van der Waals surface area contributed by atoms with E-state index in [2.05, 4.69) is 5.32 Å². The summed E-state index contributed by atoms with van der Waals surface area (Å²) < 4.78 is 29.9. The van der Waals surface area contributed by atoms with E-state index < -0.39 is 9.84 Å². The SMILES string of the molecule is CNCc1ccc(CS(=O)(=O)Cc2ccccc2C)o1. The molecule has 1 aromatic carbocycles. The van der Waals surface area contributed by atoms with Crippen LogP contribution in [0.1, 0.15) is 22.6 Å². The summed E-state index contributed by atoms with van der Waals surface area (Å²) in [5.41, 5.74) is 1.83. The van der Waals surface area contributed by atoms with Crippen LogP contribution < -0.4 is 5.32 Å². The fraction of sp³-hybridized carbons (Fsp3) is 0.333. The maximum atomic E-state index is 12.2. The number of rotatable bonds is 6. The van der Waals surface area contributed by atoms with Gasteiger partial charge >= 0.3 is 0 Å². The second kappa shape index (κ2) is 6.24. The fourth-order valence-electron chi connectivity index (χ4n) is 2.05. The van der Waals surface area contributed by atoms with Crippen molar-refractivity contribution in [3.05, 3.63) is 59.0 Å². The molecule has 0 saturated carbocycles. The molecule has 20 heavy (non-hydrogen) atoms. The predicted octanol–water partition coefficient (Wildman–Crippen LogP) is 2.42. The molecule has 0 atom stereocenters. The quantitative estimate of drug-likeness (QED) is 0.888. The summed E-state index contributed by atoms with van der Waals surface area (Å²) in [4.78, 5) is 0. The highest BCUT2D eigenvalue weighted by Gasteiger charge is 2.16. The topological polar surface area (TPSA) is 59.3 Å². The third-order valence-corrected chi connectivity index (χ3v) is 4.54. The first-order valence-electron chi connectivity index (χ1n) is 6.47. The fourth-order valence-corrected chi connectivity index (χ4v) is 3.53. The molecule has 2 rings (SSSR count). The third-order valence-electron chi connectivity index (χ3n) is 3.07. The molecule has 0 unspecified atom stereocenters. The van der Waals surface area contributed by atoms with Gasteiger partial charge in [-0.05, 0) is 37.2 Å². The first kappa shape index (κ1) is 14.8. The number of benzene rings is 1. The van der Waals surface area contributed by atoms with Crippen molar-refractivity contribution in [2.24, 2.45) is 0 Å². The number of furan rings is 1. The van der Waals surface area contributed by atoms with Crippen LogP contribution >= 0.6 is 0 Å². The van der Waals surface area contributed by atoms with Gasteiger partial charge in [-0.1, -0.05) is 24.3 Å². The van der Waals surface area contributed by atoms with E-state index in [0.717, 1.165) is 16.9 Å². The molecule has 108 valence electrons. The molecule has 0 fully saturated rings. The zero-order valence-electron chi connectivity index (χ0n) is 11.7. The van der Waals surface area contributed by atoms with Crippen LogP contribution in [0, 0.1) is 6.92 Å². The minimum absolute atomic E-state index is 0.0434. The summed E-state index contributed by atoms with van der Waals surface area (Å²) >= 11 is 0. The minimum atomic E-state index is -3.23. The van der Waals surface area contributed by atoms with Crippen molar-refractivity contribution in [3.63, 3.8) is 0 Å². The smallest absolute Gasteiger partial charge is 0.161 e. The van der Waals surface area contributed by atoms with E-state index in [0.29, 0.717) is 12.3 Å². The lowest BCUT2D eigenvalue weighted by molar-refractivity contribution is 0.465. The van der Waals surface area contributed by atoms with Gasteiger partial charge in [0.1, 0.15) is 17.3 Å². The van der Waals surface area contributed by atoms with Gasteiger partial charge in [0, 0.05) is 0 Å². The van der Waals surface area contributed by atoms with Crippen LogP contribution in [0.25, 0.3) is 0 Å². The molecule has 0 radical (unpaired) electrons. The van der Waals surface area contributed by atoms with Gasteiger partial charge in [-0.2, -0.15) is 0 Å². The van der Waals surface area contributed by atoms with Crippen molar-refractivity contribution in [3.8, 4) is 0 Å². The summed E-state index contributed by atoms with van der Waals surface area (Å²) in [7, 11) is -1.41. The molecular formula is C15H19NO3S. The second-order valence-corrected chi connectivity index (χ2v) is 6.92. The van der Waals surface area contributed by atoms with Gasteiger partial charge in [-0.25, -0.2) is 8.42 Å². The highest BCUT2D eigenvalue weighted by atomic mass is 32.2. The molecule has 0 spiro atoms. The third kappa shape index (κ3) is 3.95. The van der Waals surface area contributed by atoms with Gasteiger partial charge in [-0.15, -0.1) is 0 Å². The van der Waals surface area contributed by atoms with E-state index in [1.165, 1.54) is 0 Å². The molecule has 5 heteroatoms. The van der Waals surface area contributed by atoms with Crippen molar-refractivity contribution in [1.82, 2.24) is 5.32 Å². The van der Waals surface area contributed by atoms with Crippen LogP contribution in [0.5, 0.6) is 0 Å². The zero-order chi connectivity index (χ0) is 14.6. The first-order chi connectivity index (χ1) is 9.50. The Bertz CT molecular complexity index is 674. The van der Waals surface area contributed by atoms with Crippen LogP contribution in [0.3, 0.4) is 0 Å². The van der Waals surface area contributed by atoms with Crippen LogP contribution in [0.4, 0.5) is 0 Å². The highest BCUT2D eigenvalue weighted by Crippen LogP contribution is 2.17. The molecule has 1 aromatic heterocycles. The molecule has 0 saturated heterocycles. The maximum Gasteiger partial charge on any atom is 0.161 e. The van der Waals surface area contributed by atoms with Crippen molar-refractivity contribution in [2.75, 3.05) is 7.05 Å². The van der Waals surface area contributed by atoms with Gasteiger partial charge in [0.15, 0.2) is 9.84 Å². The molecule has 0 amide bonds. The Balaban J connectivity index is 2.09. The van der Waals surface area contributed by atoms with Crippen molar-refractivity contribution >= 4 is 9.84 Å². The van der Waals surface area contributed by atoms with Crippen LogP contribution in [0.2, 0.25) is 0 Å². The van der Waals surface area contributed by atoms with Gasteiger partial charge in [0.25, 0.3) is 0 Å². The lowest BCUT2D eigenvalue weighted by atomic mass is 10.1. The molecule has 4 nitrogen and oxygen atoms in total. The molecule has 0 aliphatic heterocycles. The van der Waals surface area contributed by atoms with E-state index in [-0.39, 0.29) is 11.5 Å². The second-order valence-electron chi connectivity index (χ2n) is 4.86. The number of nitrogens with one attached hydrogen (secondary N) is 1. The molecule has 1 heterocycles. The Kier molecular flexibility index (Phi) is 4.62. The zero-order valence-corrected chi connectivity index (χ0v) is 12.5. The van der Waals surface area contributed by atoms with Gasteiger partial charge in [0.2, 0.25) is 0 Å². The molecule has 0 bridgehead atoms. The Morgan fingerprint density at radius 2 is 1.75 bits per heavy atom. The summed E-state index contributed by atoms with van der Waals surface area (Å²) in [6, 6.07) is 11.1. The maximum absolute atomic E-state index is 12.2. The Morgan fingerprint density at radius 3 is 2.45 bits per heavy atom.